The van der Waals surface area contributed by atoms with Crippen LogP contribution in [0, 0.1) is 0 Å². The lowest BCUT2D eigenvalue weighted by atomic mass is 9.97. The summed E-state index contributed by atoms with van der Waals surface area (Å²) in [6.07, 6.45) is 61.1. The SMILES string of the molecule is CC/C=C\C/C=C\C/C=C\C/C=C\CCCCCCCCCCCCCCCCCCCCCCC(=O)NC(COC1OC(CO)C(OC2OC(CO)C(O)C(O)C2O)C(O)C1O)C(O)/C=C/CC/C=C/CCCCCCCCCCCCCCCC. The molecule has 506 valence electrons. The quantitative estimate of drug-likeness (QED) is 0.0204. The summed E-state index contributed by atoms with van der Waals surface area (Å²) in [6.45, 7) is 2.70. The van der Waals surface area contributed by atoms with Crippen LogP contribution in [0.15, 0.2) is 72.9 Å². The van der Waals surface area contributed by atoms with Crippen molar-refractivity contribution in [2.24, 2.45) is 0 Å². The van der Waals surface area contributed by atoms with Crippen molar-refractivity contribution in [1.82, 2.24) is 5.32 Å². The fourth-order valence-electron chi connectivity index (χ4n) is 11.5. The third-order valence-electron chi connectivity index (χ3n) is 17.1. The summed E-state index contributed by atoms with van der Waals surface area (Å²) in [5, 5.41) is 87.4. The van der Waals surface area contributed by atoms with E-state index in [2.05, 4.69) is 79.9 Å². The number of allylic oxidation sites excluding steroid dienone is 11. The van der Waals surface area contributed by atoms with E-state index in [-0.39, 0.29) is 18.9 Å². The van der Waals surface area contributed by atoms with Crippen LogP contribution in [0.1, 0.15) is 290 Å². The van der Waals surface area contributed by atoms with Gasteiger partial charge in [-0.3, -0.25) is 4.79 Å². The minimum absolute atomic E-state index is 0.246. The summed E-state index contributed by atoms with van der Waals surface area (Å²) in [7, 11) is 0. The maximum Gasteiger partial charge on any atom is 0.220 e. The van der Waals surface area contributed by atoms with Crippen LogP contribution >= 0.6 is 0 Å². The number of hydrogen-bond donors (Lipinski definition) is 9. The maximum absolute atomic E-state index is 13.3. The van der Waals surface area contributed by atoms with E-state index in [1.165, 1.54) is 199 Å². The second-order valence-corrected chi connectivity index (χ2v) is 25.0. The predicted molar refractivity (Wildman–Crippen MR) is 355 cm³/mol. The first-order valence-electron chi connectivity index (χ1n) is 35.7. The molecule has 0 spiro atoms. The summed E-state index contributed by atoms with van der Waals surface area (Å²) in [4.78, 5) is 13.3. The van der Waals surface area contributed by atoms with Crippen molar-refractivity contribution in [3.05, 3.63) is 72.9 Å². The van der Waals surface area contributed by atoms with Gasteiger partial charge in [-0.05, 0) is 70.6 Å². The second-order valence-electron chi connectivity index (χ2n) is 25.0. The Morgan fingerprint density at radius 2 is 0.805 bits per heavy atom. The van der Waals surface area contributed by atoms with Crippen molar-refractivity contribution in [3.63, 3.8) is 0 Å². The van der Waals surface area contributed by atoms with E-state index in [4.69, 9.17) is 18.9 Å². The van der Waals surface area contributed by atoms with Crippen molar-refractivity contribution < 1.29 is 64.6 Å². The molecule has 12 atom stereocenters. The monoisotopic (exact) mass is 1230 g/mol. The topological polar surface area (TPSA) is 228 Å². The van der Waals surface area contributed by atoms with Crippen LogP contribution in [0.4, 0.5) is 0 Å². The van der Waals surface area contributed by atoms with Gasteiger partial charge in [-0.1, -0.05) is 286 Å². The van der Waals surface area contributed by atoms with Gasteiger partial charge in [0.1, 0.15) is 48.8 Å². The van der Waals surface area contributed by atoms with E-state index in [1.54, 1.807) is 6.08 Å². The Bertz CT molecular complexity index is 1740. The molecule has 0 radical (unpaired) electrons. The molecular weight excluding hydrogens is 1100 g/mol. The molecule has 0 saturated carbocycles. The molecule has 2 aliphatic heterocycles. The van der Waals surface area contributed by atoms with Crippen molar-refractivity contribution in [2.75, 3.05) is 19.8 Å². The van der Waals surface area contributed by atoms with E-state index in [0.29, 0.717) is 12.8 Å². The molecule has 1 amide bonds. The minimum Gasteiger partial charge on any atom is -0.394 e. The van der Waals surface area contributed by atoms with Crippen molar-refractivity contribution >= 4 is 5.91 Å². The predicted octanol–water partition coefficient (Wildman–Crippen LogP) is 14.6. The van der Waals surface area contributed by atoms with Crippen LogP contribution in [0.2, 0.25) is 0 Å². The number of ether oxygens (including phenoxy) is 4. The van der Waals surface area contributed by atoms with Gasteiger partial charge in [0.2, 0.25) is 5.91 Å². The molecule has 0 aliphatic carbocycles. The number of amides is 1. The molecule has 87 heavy (non-hydrogen) atoms. The molecule has 14 heteroatoms. The highest BCUT2D eigenvalue weighted by Crippen LogP contribution is 2.30. The first kappa shape index (κ1) is 80.5. The third kappa shape index (κ3) is 41.5. The summed E-state index contributed by atoms with van der Waals surface area (Å²) >= 11 is 0. The zero-order chi connectivity index (χ0) is 63.1. The smallest absolute Gasteiger partial charge is 0.220 e. The van der Waals surface area contributed by atoms with Gasteiger partial charge in [0, 0.05) is 6.42 Å². The number of unbranched alkanes of at least 4 members (excludes halogenated alkanes) is 35. The number of carbonyl (C=O) groups excluding carboxylic acids is 1. The highest BCUT2D eigenvalue weighted by molar-refractivity contribution is 5.76. The Hall–Kier alpha value is -2.57. The average molecular weight is 1230 g/mol. The van der Waals surface area contributed by atoms with Crippen LogP contribution in [0.25, 0.3) is 0 Å². The molecular formula is C73H131NO13. The Morgan fingerprint density at radius 3 is 1.26 bits per heavy atom. The van der Waals surface area contributed by atoms with E-state index in [0.717, 1.165) is 57.8 Å². The Morgan fingerprint density at radius 1 is 0.425 bits per heavy atom. The molecule has 0 aromatic rings. The zero-order valence-corrected chi connectivity index (χ0v) is 55.0. The molecule has 2 aliphatic rings. The maximum atomic E-state index is 13.3. The molecule has 14 nitrogen and oxygen atoms in total. The van der Waals surface area contributed by atoms with Gasteiger partial charge in [0.25, 0.3) is 0 Å². The molecule has 2 heterocycles. The lowest BCUT2D eigenvalue weighted by molar-refractivity contribution is -0.359. The minimum atomic E-state index is -1.79. The number of aliphatic hydroxyl groups excluding tert-OH is 8. The second kappa shape index (κ2) is 57.3. The standard InChI is InChI=1S/C73H131NO13/c1-3-5-7-9-11-13-15-17-19-21-23-25-26-27-28-29-30-31-32-33-34-35-36-37-39-41-43-45-47-49-51-53-55-57-65(78)74-61(62(77)56-54-52-50-48-46-44-42-40-38-24-22-20-18-16-14-12-10-8-6-4-2)60-84-72-70(83)68(81)71(64(59-76)86-72)87-73-69(82)67(80)66(79)63(58-75)85-73/h5,7,11,13,17,19,23,25,46,48,54,56,61-64,66-73,75-77,79-83H,3-4,6,8-10,12,14-16,18,20-22,24,26-45,47,49-53,55,57-60H2,1-2H3,(H,74,78)/b7-5-,13-11-,19-17-,25-23-,48-46+,56-54+. The zero-order valence-electron chi connectivity index (χ0n) is 55.0. The van der Waals surface area contributed by atoms with Crippen LogP contribution in [-0.4, -0.2) is 140 Å². The highest BCUT2D eigenvalue weighted by Gasteiger charge is 2.51. The van der Waals surface area contributed by atoms with Gasteiger partial charge < -0.3 is 65.1 Å². The van der Waals surface area contributed by atoms with Gasteiger partial charge in [-0.15, -0.1) is 0 Å². The molecule has 0 bridgehead atoms. The van der Waals surface area contributed by atoms with Gasteiger partial charge in [0.05, 0.1) is 32.0 Å². The van der Waals surface area contributed by atoms with Crippen LogP contribution in [-0.2, 0) is 23.7 Å². The van der Waals surface area contributed by atoms with E-state index in [1.807, 2.05) is 6.08 Å². The van der Waals surface area contributed by atoms with Crippen LogP contribution in [0.3, 0.4) is 0 Å². The molecule has 0 aromatic heterocycles. The summed E-state index contributed by atoms with van der Waals surface area (Å²) < 4.78 is 22.8. The lowest BCUT2D eigenvalue weighted by Crippen LogP contribution is -2.65. The highest BCUT2D eigenvalue weighted by atomic mass is 16.7. The molecule has 0 aromatic carbocycles. The number of rotatable bonds is 58. The van der Waals surface area contributed by atoms with E-state index < -0.39 is 86.8 Å². The largest absolute Gasteiger partial charge is 0.394 e. The van der Waals surface area contributed by atoms with Gasteiger partial charge in [-0.2, -0.15) is 0 Å². The molecule has 2 rings (SSSR count). The van der Waals surface area contributed by atoms with Crippen LogP contribution in [0.5, 0.6) is 0 Å². The van der Waals surface area contributed by atoms with Crippen LogP contribution < -0.4 is 5.32 Å². The van der Waals surface area contributed by atoms with Gasteiger partial charge in [-0.25, -0.2) is 0 Å². The normalized spacial score (nSPS) is 23.7. The molecule has 2 fully saturated rings. The first-order valence-corrected chi connectivity index (χ1v) is 35.7. The van der Waals surface area contributed by atoms with Gasteiger partial charge >= 0.3 is 0 Å². The summed E-state index contributed by atoms with van der Waals surface area (Å²) in [5.74, 6) is -0.246. The molecule has 2 saturated heterocycles. The van der Waals surface area contributed by atoms with Gasteiger partial charge in [0.15, 0.2) is 12.6 Å². The summed E-state index contributed by atoms with van der Waals surface area (Å²) in [6, 6.07) is -0.934. The fourth-order valence-corrected chi connectivity index (χ4v) is 11.5. The van der Waals surface area contributed by atoms with Crippen molar-refractivity contribution in [2.45, 2.75) is 364 Å². The average Bonchev–Trinajstić information content (AvgIpc) is 2.59. The third-order valence-corrected chi connectivity index (χ3v) is 17.1. The molecule has 12 unspecified atom stereocenters. The van der Waals surface area contributed by atoms with E-state index in [9.17, 15) is 45.6 Å². The number of carbonyl (C=O) groups is 1. The molecule has 9 N–H and O–H groups in total. The fraction of sp³-hybridized carbons (Fsp3) is 0.822. The number of aliphatic hydroxyl groups is 8. The Balaban J connectivity index is 1.65. The number of nitrogens with one attached hydrogen (secondary N) is 1. The van der Waals surface area contributed by atoms with Crippen molar-refractivity contribution in [1.29, 1.82) is 0 Å². The first-order chi connectivity index (χ1) is 42.6. The van der Waals surface area contributed by atoms with Crippen molar-refractivity contribution in [3.8, 4) is 0 Å². The Labute approximate surface area is 529 Å². The number of hydrogen-bond acceptors (Lipinski definition) is 13. The lowest BCUT2D eigenvalue weighted by Gasteiger charge is -2.46. The summed E-state index contributed by atoms with van der Waals surface area (Å²) in [5.41, 5.74) is 0. The Kier molecular flexibility index (Phi) is 53.1. The van der Waals surface area contributed by atoms with E-state index >= 15 is 0 Å².